The average molecular weight is 416 g/mol. The van der Waals surface area contributed by atoms with Crippen LogP contribution in [0.15, 0.2) is 72.9 Å². The van der Waals surface area contributed by atoms with Crippen LogP contribution in [0.4, 0.5) is 5.69 Å². The number of aliphatic carboxylic acids is 1. The summed E-state index contributed by atoms with van der Waals surface area (Å²) in [5, 5.41) is 16.2. The zero-order valence-electron chi connectivity index (χ0n) is 17.6. The number of carboxylic acids is 1. The maximum Gasteiger partial charge on any atom is 0.303 e. The summed E-state index contributed by atoms with van der Waals surface area (Å²) in [6.07, 6.45) is 4.50. The summed E-state index contributed by atoms with van der Waals surface area (Å²) < 4.78 is 0. The molecule has 0 spiro atoms. The quantitative estimate of drug-likeness (QED) is 0.487. The first kappa shape index (κ1) is 21.1. The van der Waals surface area contributed by atoms with Gasteiger partial charge in [-0.3, -0.25) is 9.78 Å². The molecule has 160 valence electrons. The van der Waals surface area contributed by atoms with Gasteiger partial charge in [0.05, 0.1) is 11.4 Å². The molecule has 0 unspecified atom stereocenters. The average Bonchev–Trinajstić information content (AvgIpc) is 2.81. The van der Waals surface area contributed by atoms with Gasteiger partial charge in [0.15, 0.2) is 0 Å². The molecular weight excluding hydrogens is 386 g/mol. The summed E-state index contributed by atoms with van der Waals surface area (Å²) in [5.74, 6) is -0.335. The second-order valence-corrected chi connectivity index (χ2v) is 8.15. The topological polar surface area (TPSA) is 74.2 Å². The Morgan fingerprint density at radius 1 is 1.03 bits per heavy atom. The highest BCUT2D eigenvalue weighted by Gasteiger charge is 2.27. The number of aromatic nitrogens is 1. The van der Waals surface area contributed by atoms with Crippen molar-refractivity contribution in [3.8, 4) is 0 Å². The molecule has 1 aliphatic rings. The SMILES string of the molecule is O=C(O)CCc1ccc(CCN[C@H](c2ccccc2)[C@H]2CNc3cccnc3C2)cc1. The number of pyridine rings is 1. The number of hydrogen-bond donors (Lipinski definition) is 3. The van der Waals surface area contributed by atoms with Gasteiger partial charge in [0.1, 0.15) is 0 Å². The smallest absolute Gasteiger partial charge is 0.303 e. The number of fused-ring (bicyclic) bond motifs is 1. The first-order valence-corrected chi connectivity index (χ1v) is 10.9. The molecule has 31 heavy (non-hydrogen) atoms. The molecule has 3 N–H and O–H groups in total. The Hall–Kier alpha value is -3.18. The molecule has 0 saturated heterocycles. The molecule has 3 aromatic rings. The van der Waals surface area contributed by atoms with E-state index in [1.165, 1.54) is 11.1 Å². The van der Waals surface area contributed by atoms with Crippen LogP contribution in [-0.2, 0) is 24.1 Å². The molecule has 1 aliphatic heterocycles. The number of carbonyl (C=O) groups is 1. The minimum Gasteiger partial charge on any atom is -0.481 e. The maximum absolute atomic E-state index is 10.7. The maximum atomic E-state index is 10.7. The van der Waals surface area contributed by atoms with Gasteiger partial charge in [-0.25, -0.2) is 0 Å². The van der Waals surface area contributed by atoms with Crippen LogP contribution in [0.5, 0.6) is 0 Å². The van der Waals surface area contributed by atoms with E-state index in [-0.39, 0.29) is 12.5 Å². The van der Waals surface area contributed by atoms with Crippen molar-refractivity contribution in [2.45, 2.75) is 31.7 Å². The van der Waals surface area contributed by atoms with E-state index < -0.39 is 5.97 Å². The van der Waals surface area contributed by atoms with E-state index in [0.29, 0.717) is 12.3 Å². The van der Waals surface area contributed by atoms with Crippen molar-refractivity contribution in [2.24, 2.45) is 5.92 Å². The third-order valence-corrected chi connectivity index (χ3v) is 5.96. The van der Waals surface area contributed by atoms with Crippen molar-refractivity contribution in [1.29, 1.82) is 0 Å². The summed E-state index contributed by atoms with van der Waals surface area (Å²) in [7, 11) is 0. The zero-order valence-corrected chi connectivity index (χ0v) is 17.6. The fraction of sp³-hybridized carbons (Fsp3) is 0.308. The fourth-order valence-corrected chi connectivity index (χ4v) is 4.27. The first-order valence-electron chi connectivity index (χ1n) is 10.9. The second-order valence-electron chi connectivity index (χ2n) is 8.15. The highest BCUT2D eigenvalue weighted by molar-refractivity contribution is 5.67. The van der Waals surface area contributed by atoms with Crippen molar-refractivity contribution < 1.29 is 9.90 Å². The summed E-state index contributed by atoms with van der Waals surface area (Å²) >= 11 is 0. The van der Waals surface area contributed by atoms with Crippen molar-refractivity contribution in [3.63, 3.8) is 0 Å². The predicted octanol–water partition coefficient (Wildman–Crippen LogP) is 4.26. The van der Waals surface area contributed by atoms with Crippen molar-refractivity contribution in [3.05, 3.63) is 95.3 Å². The van der Waals surface area contributed by atoms with Crippen LogP contribution in [0.2, 0.25) is 0 Å². The van der Waals surface area contributed by atoms with Crippen molar-refractivity contribution >= 4 is 11.7 Å². The number of anilines is 1. The van der Waals surface area contributed by atoms with Crippen LogP contribution in [0.3, 0.4) is 0 Å². The molecule has 0 aliphatic carbocycles. The molecule has 5 heteroatoms. The molecule has 2 atom stereocenters. The summed E-state index contributed by atoms with van der Waals surface area (Å²) in [6.45, 7) is 1.79. The minimum atomic E-state index is -0.754. The number of nitrogens with zero attached hydrogens (tertiary/aromatic N) is 1. The Morgan fingerprint density at radius 2 is 1.77 bits per heavy atom. The Labute approximate surface area is 183 Å². The second kappa shape index (κ2) is 10.2. The van der Waals surface area contributed by atoms with Gasteiger partial charge in [-0.2, -0.15) is 0 Å². The van der Waals surface area contributed by atoms with Gasteiger partial charge < -0.3 is 15.7 Å². The summed E-state index contributed by atoms with van der Waals surface area (Å²) in [6, 6.07) is 23.3. The minimum absolute atomic E-state index is 0.174. The lowest BCUT2D eigenvalue weighted by Crippen LogP contribution is -2.37. The molecule has 4 rings (SSSR count). The summed E-state index contributed by atoms with van der Waals surface area (Å²) in [4.78, 5) is 15.3. The lowest BCUT2D eigenvalue weighted by atomic mass is 9.86. The van der Waals surface area contributed by atoms with Gasteiger partial charge in [-0.1, -0.05) is 54.6 Å². The van der Waals surface area contributed by atoms with E-state index in [9.17, 15) is 4.79 Å². The highest BCUT2D eigenvalue weighted by atomic mass is 16.4. The Kier molecular flexibility index (Phi) is 6.95. The van der Waals surface area contributed by atoms with Gasteiger partial charge in [0.25, 0.3) is 0 Å². The molecule has 5 nitrogen and oxygen atoms in total. The Morgan fingerprint density at radius 3 is 2.52 bits per heavy atom. The predicted molar refractivity (Wildman–Crippen MR) is 123 cm³/mol. The van der Waals surface area contributed by atoms with Gasteiger partial charge in [0, 0.05) is 31.1 Å². The lowest BCUT2D eigenvalue weighted by Gasteiger charge is -2.33. The molecule has 0 amide bonds. The number of carboxylic acid groups (broad SMARTS) is 1. The van der Waals surface area contributed by atoms with E-state index in [1.807, 2.05) is 24.4 Å². The number of aryl methyl sites for hydroxylation is 1. The van der Waals surface area contributed by atoms with Gasteiger partial charge in [-0.15, -0.1) is 0 Å². The van der Waals surface area contributed by atoms with E-state index in [1.54, 1.807) is 0 Å². The number of benzene rings is 2. The normalized spacial score (nSPS) is 16.2. The highest BCUT2D eigenvalue weighted by Crippen LogP contribution is 2.31. The van der Waals surface area contributed by atoms with Gasteiger partial charge >= 0.3 is 5.97 Å². The third kappa shape index (κ3) is 5.70. The molecule has 0 radical (unpaired) electrons. The zero-order chi connectivity index (χ0) is 21.5. The van der Waals surface area contributed by atoms with E-state index in [0.717, 1.165) is 42.9 Å². The number of rotatable bonds is 9. The first-order chi connectivity index (χ1) is 15.2. The Balaban J connectivity index is 1.39. The van der Waals surface area contributed by atoms with E-state index in [4.69, 9.17) is 5.11 Å². The van der Waals surface area contributed by atoms with Gasteiger partial charge in [0.2, 0.25) is 0 Å². The number of nitrogens with one attached hydrogen (secondary N) is 2. The van der Waals surface area contributed by atoms with Crippen LogP contribution in [0.25, 0.3) is 0 Å². The van der Waals surface area contributed by atoms with Crippen molar-refractivity contribution in [2.75, 3.05) is 18.4 Å². The molecule has 2 heterocycles. The van der Waals surface area contributed by atoms with E-state index >= 15 is 0 Å². The summed E-state index contributed by atoms with van der Waals surface area (Å²) in [5.41, 5.74) is 5.91. The fourth-order valence-electron chi connectivity index (χ4n) is 4.27. The monoisotopic (exact) mass is 415 g/mol. The molecule has 2 aromatic carbocycles. The lowest BCUT2D eigenvalue weighted by molar-refractivity contribution is -0.136. The Bertz CT molecular complexity index is 989. The largest absolute Gasteiger partial charge is 0.481 e. The molecule has 0 saturated carbocycles. The standard InChI is InChI=1S/C26H29N3O2/c30-25(31)13-12-19-8-10-20(11-9-19)14-16-28-26(21-5-2-1-3-6-21)22-17-24-23(29-18-22)7-4-15-27-24/h1-11,15,22,26,28-29H,12-14,16-18H2,(H,30,31)/t22-,26-/m1/s1. The third-order valence-electron chi connectivity index (χ3n) is 5.96. The number of hydrogen-bond acceptors (Lipinski definition) is 4. The van der Waals surface area contributed by atoms with Crippen molar-refractivity contribution in [1.82, 2.24) is 10.3 Å². The van der Waals surface area contributed by atoms with Crippen LogP contribution in [0, 0.1) is 5.92 Å². The molecule has 0 fully saturated rings. The molecule has 1 aromatic heterocycles. The molecule has 0 bridgehead atoms. The van der Waals surface area contributed by atoms with Crippen LogP contribution < -0.4 is 10.6 Å². The molecular formula is C26H29N3O2. The van der Waals surface area contributed by atoms with E-state index in [2.05, 4.69) is 64.1 Å². The van der Waals surface area contributed by atoms with Crippen LogP contribution >= 0.6 is 0 Å². The van der Waals surface area contributed by atoms with Crippen LogP contribution in [0.1, 0.15) is 34.8 Å². The van der Waals surface area contributed by atoms with Gasteiger partial charge in [-0.05, 0) is 54.6 Å². The van der Waals surface area contributed by atoms with Crippen LogP contribution in [-0.4, -0.2) is 29.1 Å².